The van der Waals surface area contributed by atoms with E-state index in [4.69, 9.17) is 0 Å². The van der Waals surface area contributed by atoms with Crippen molar-refractivity contribution in [2.24, 2.45) is 0 Å². The van der Waals surface area contributed by atoms with Gasteiger partial charge < -0.3 is 5.32 Å². The van der Waals surface area contributed by atoms with E-state index in [2.05, 4.69) is 10.3 Å². The van der Waals surface area contributed by atoms with Crippen molar-refractivity contribution in [3.8, 4) is 0 Å². The molecule has 0 aliphatic rings. The van der Waals surface area contributed by atoms with E-state index >= 15 is 0 Å². The minimum atomic E-state index is -4.33. The van der Waals surface area contributed by atoms with E-state index in [9.17, 15) is 13.2 Å². The molecule has 0 saturated heterocycles. The van der Waals surface area contributed by atoms with Crippen LogP contribution in [0.1, 0.15) is 32.3 Å². The number of rotatable bonds is 6. The molecule has 0 bridgehead atoms. The van der Waals surface area contributed by atoms with Crippen LogP contribution in [0.15, 0.2) is 17.2 Å². The van der Waals surface area contributed by atoms with Crippen molar-refractivity contribution in [2.45, 2.75) is 37.9 Å². The Morgan fingerprint density at radius 2 is 1.94 bits per heavy atom. The van der Waals surface area contributed by atoms with Crippen LogP contribution in [-0.4, -0.2) is 17.3 Å². The third-order valence-corrected chi connectivity index (χ3v) is 3.26. The number of nitrogens with one attached hydrogen (secondary N) is 1. The van der Waals surface area contributed by atoms with Crippen molar-refractivity contribution >= 4 is 17.6 Å². The highest BCUT2D eigenvalue weighted by Crippen LogP contribution is 2.33. The van der Waals surface area contributed by atoms with E-state index in [1.807, 2.05) is 13.8 Å². The SMILES string of the molecule is CCCNc1cc(C(F)(F)F)cc(SCCC)n1. The summed E-state index contributed by atoms with van der Waals surface area (Å²) in [5.74, 6) is 1.06. The first-order chi connectivity index (χ1) is 8.47. The van der Waals surface area contributed by atoms with E-state index in [1.165, 1.54) is 11.8 Å². The second-order valence-corrected chi connectivity index (χ2v) is 4.97. The molecule has 0 aromatic carbocycles. The molecule has 102 valence electrons. The Morgan fingerprint density at radius 3 is 2.50 bits per heavy atom. The third kappa shape index (κ3) is 4.76. The molecular weight excluding hydrogens is 261 g/mol. The van der Waals surface area contributed by atoms with Gasteiger partial charge in [-0.2, -0.15) is 13.2 Å². The zero-order valence-electron chi connectivity index (χ0n) is 10.5. The summed E-state index contributed by atoms with van der Waals surface area (Å²) in [4.78, 5) is 4.17. The number of nitrogens with zero attached hydrogens (tertiary/aromatic N) is 1. The summed E-state index contributed by atoms with van der Waals surface area (Å²) < 4.78 is 38.2. The highest BCUT2D eigenvalue weighted by molar-refractivity contribution is 7.99. The molecule has 6 heteroatoms. The van der Waals surface area contributed by atoms with Gasteiger partial charge in [0, 0.05) is 6.54 Å². The minimum Gasteiger partial charge on any atom is -0.370 e. The average molecular weight is 278 g/mol. The van der Waals surface area contributed by atoms with Crippen LogP contribution in [0.4, 0.5) is 19.0 Å². The molecule has 0 saturated carbocycles. The molecule has 0 atom stereocenters. The first-order valence-corrected chi connectivity index (χ1v) is 6.92. The van der Waals surface area contributed by atoms with Crippen LogP contribution in [0.2, 0.25) is 0 Å². The second-order valence-electron chi connectivity index (χ2n) is 3.85. The number of halogens is 3. The summed E-state index contributed by atoms with van der Waals surface area (Å²) in [6.07, 6.45) is -2.58. The van der Waals surface area contributed by atoms with Gasteiger partial charge in [0.15, 0.2) is 0 Å². The lowest BCUT2D eigenvalue weighted by molar-refractivity contribution is -0.137. The molecule has 1 rings (SSSR count). The van der Waals surface area contributed by atoms with Gasteiger partial charge in [0.2, 0.25) is 0 Å². The number of pyridine rings is 1. The Labute approximate surface area is 109 Å². The zero-order chi connectivity index (χ0) is 13.6. The average Bonchev–Trinajstić information content (AvgIpc) is 2.32. The number of hydrogen-bond acceptors (Lipinski definition) is 3. The Morgan fingerprint density at radius 1 is 1.22 bits per heavy atom. The minimum absolute atomic E-state index is 0.297. The Kier molecular flexibility index (Phi) is 5.78. The number of hydrogen-bond donors (Lipinski definition) is 1. The van der Waals surface area contributed by atoms with Gasteiger partial charge in [0.25, 0.3) is 0 Å². The molecule has 1 aromatic heterocycles. The van der Waals surface area contributed by atoms with Crippen LogP contribution in [0.5, 0.6) is 0 Å². The van der Waals surface area contributed by atoms with E-state index < -0.39 is 11.7 Å². The molecule has 0 radical (unpaired) electrons. The Balaban J connectivity index is 2.96. The Hall–Kier alpha value is -0.910. The normalized spacial score (nSPS) is 11.6. The van der Waals surface area contributed by atoms with Crippen molar-refractivity contribution in [1.29, 1.82) is 0 Å². The third-order valence-electron chi connectivity index (χ3n) is 2.14. The van der Waals surface area contributed by atoms with Crippen LogP contribution < -0.4 is 5.32 Å². The van der Waals surface area contributed by atoms with Crippen molar-refractivity contribution in [2.75, 3.05) is 17.6 Å². The fourth-order valence-corrected chi connectivity index (χ4v) is 2.08. The summed E-state index contributed by atoms with van der Waals surface area (Å²) >= 11 is 1.35. The van der Waals surface area contributed by atoms with Gasteiger partial charge >= 0.3 is 6.18 Å². The molecule has 0 unspecified atom stereocenters. The summed E-state index contributed by atoms with van der Waals surface area (Å²) in [6.45, 7) is 4.55. The lowest BCUT2D eigenvalue weighted by atomic mass is 10.2. The topological polar surface area (TPSA) is 24.9 Å². The highest BCUT2D eigenvalue weighted by atomic mass is 32.2. The van der Waals surface area contributed by atoms with Gasteiger partial charge in [0.1, 0.15) is 5.82 Å². The van der Waals surface area contributed by atoms with Gasteiger partial charge in [0.05, 0.1) is 10.6 Å². The molecule has 0 aliphatic carbocycles. The van der Waals surface area contributed by atoms with Gasteiger partial charge in [-0.25, -0.2) is 4.98 Å². The van der Waals surface area contributed by atoms with E-state index in [0.29, 0.717) is 17.4 Å². The molecule has 0 aliphatic heterocycles. The van der Waals surface area contributed by atoms with Gasteiger partial charge in [-0.05, 0) is 30.7 Å². The van der Waals surface area contributed by atoms with Crippen molar-refractivity contribution in [3.63, 3.8) is 0 Å². The van der Waals surface area contributed by atoms with E-state index in [1.54, 1.807) is 0 Å². The monoisotopic (exact) mass is 278 g/mol. The number of aromatic nitrogens is 1. The first-order valence-electron chi connectivity index (χ1n) is 5.93. The van der Waals surface area contributed by atoms with E-state index in [0.717, 1.165) is 30.7 Å². The molecule has 0 amide bonds. The summed E-state index contributed by atoms with van der Waals surface area (Å²) in [5, 5.41) is 3.32. The van der Waals surface area contributed by atoms with Crippen LogP contribution in [-0.2, 0) is 6.18 Å². The molecule has 2 nitrogen and oxygen atoms in total. The highest BCUT2D eigenvalue weighted by Gasteiger charge is 2.31. The molecular formula is C12H17F3N2S. The van der Waals surface area contributed by atoms with Crippen LogP contribution in [0.25, 0.3) is 0 Å². The summed E-state index contributed by atoms with van der Waals surface area (Å²) in [7, 11) is 0. The predicted octanol–water partition coefficient (Wildman–Crippen LogP) is 4.42. The maximum absolute atomic E-state index is 12.7. The Bertz CT molecular complexity index is 354. The van der Waals surface area contributed by atoms with Gasteiger partial charge in [-0.3, -0.25) is 0 Å². The number of thioether (sulfide) groups is 1. The molecule has 1 heterocycles. The number of anilines is 1. The van der Waals surface area contributed by atoms with Crippen molar-refractivity contribution in [1.82, 2.24) is 4.98 Å². The van der Waals surface area contributed by atoms with Crippen LogP contribution in [0, 0.1) is 0 Å². The lowest BCUT2D eigenvalue weighted by Crippen LogP contribution is -2.09. The zero-order valence-corrected chi connectivity index (χ0v) is 11.3. The van der Waals surface area contributed by atoms with Crippen LogP contribution in [0.3, 0.4) is 0 Å². The lowest BCUT2D eigenvalue weighted by Gasteiger charge is -2.12. The van der Waals surface area contributed by atoms with Crippen molar-refractivity contribution < 1.29 is 13.2 Å². The molecule has 1 N–H and O–H groups in total. The van der Waals surface area contributed by atoms with Crippen LogP contribution >= 0.6 is 11.8 Å². The van der Waals surface area contributed by atoms with E-state index in [-0.39, 0.29) is 0 Å². The standard InChI is InChI=1S/C12H17F3N2S/c1-3-5-16-10-7-9(12(13,14)15)8-11(17-10)18-6-4-2/h7-8H,3-6H2,1-2H3,(H,16,17). The molecule has 0 spiro atoms. The van der Waals surface area contributed by atoms with Crippen molar-refractivity contribution in [3.05, 3.63) is 17.7 Å². The summed E-state index contributed by atoms with van der Waals surface area (Å²) in [5.41, 5.74) is -0.644. The maximum atomic E-state index is 12.7. The first kappa shape index (κ1) is 15.1. The largest absolute Gasteiger partial charge is 0.416 e. The quantitative estimate of drug-likeness (QED) is 0.779. The maximum Gasteiger partial charge on any atom is 0.416 e. The molecule has 0 fully saturated rings. The number of alkyl halides is 3. The second kappa shape index (κ2) is 6.87. The molecule has 18 heavy (non-hydrogen) atoms. The molecule has 1 aromatic rings. The fourth-order valence-electron chi connectivity index (χ4n) is 1.29. The van der Waals surface area contributed by atoms with Gasteiger partial charge in [-0.1, -0.05) is 13.8 Å². The smallest absolute Gasteiger partial charge is 0.370 e. The fraction of sp³-hybridized carbons (Fsp3) is 0.583. The van der Waals surface area contributed by atoms with Gasteiger partial charge in [-0.15, -0.1) is 11.8 Å². The summed E-state index contributed by atoms with van der Waals surface area (Å²) in [6, 6.07) is 2.17. The predicted molar refractivity (Wildman–Crippen MR) is 69.0 cm³/mol.